The molecule has 0 amide bonds. The zero-order valence-corrected chi connectivity index (χ0v) is 11.6. The predicted octanol–water partition coefficient (Wildman–Crippen LogP) is 2.64. The van der Waals surface area contributed by atoms with Crippen molar-refractivity contribution in [2.45, 2.75) is 6.42 Å². The van der Waals surface area contributed by atoms with Crippen LogP contribution in [0, 0.1) is 14.9 Å². The smallest absolute Gasteiger partial charge is 0.310 e. The van der Waals surface area contributed by atoms with Gasteiger partial charge in [0.15, 0.2) is 0 Å². The van der Waals surface area contributed by atoms with Crippen molar-refractivity contribution in [3.05, 3.63) is 31.3 Å². The first-order valence-corrected chi connectivity index (χ1v) is 5.90. The summed E-state index contributed by atoms with van der Waals surface area (Å²) in [5.74, 6) is -0.310. The monoisotopic (exact) mass is 379 g/mol. The highest BCUT2D eigenvalue weighted by molar-refractivity contribution is 14.1. The number of nitrogens with zero attached hydrogens (tertiary/aromatic N) is 1. The van der Waals surface area contributed by atoms with Crippen molar-refractivity contribution in [3.8, 4) is 6.07 Å². The zero-order chi connectivity index (χ0) is 11.4. The number of benzene rings is 1. The van der Waals surface area contributed by atoms with Gasteiger partial charge < -0.3 is 4.74 Å². The van der Waals surface area contributed by atoms with E-state index in [2.05, 4.69) is 49.3 Å². The number of esters is 1. The molecule has 0 fully saturated rings. The van der Waals surface area contributed by atoms with Crippen LogP contribution < -0.4 is 0 Å². The summed E-state index contributed by atoms with van der Waals surface area (Å²) in [6.07, 6.45) is 0.183. The Morgan fingerprint density at radius 3 is 2.87 bits per heavy atom. The molecule has 1 rings (SSSR count). The molecule has 78 valence electrons. The van der Waals surface area contributed by atoms with Crippen molar-refractivity contribution < 1.29 is 9.53 Å². The first-order chi connectivity index (χ1) is 7.08. The number of hydrogen-bond donors (Lipinski definition) is 0. The molecule has 0 saturated carbocycles. The Morgan fingerprint density at radius 2 is 2.33 bits per heavy atom. The van der Waals surface area contributed by atoms with Crippen LogP contribution in [0.2, 0.25) is 0 Å². The van der Waals surface area contributed by atoms with Gasteiger partial charge in [-0.1, -0.05) is 15.9 Å². The van der Waals surface area contributed by atoms with E-state index in [0.29, 0.717) is 5.56 Å². The van der Waals surface area contributed by atoms with Crippen LogP contribution in [0.4, 0.5) is 0 Å². The first-order valence-electron chi connectivity index (χ1n) is 4.03. The second-order valence-corrected chi connectivity index (χ2v) is 4.79. The number of nitriles is 1. The van der Waals surface area contributed by atoms with E-state index in [4.69, 9.17) is 5.26 Å². The minimum Gasteiger partial charge on any atom is -0.469 e. The van der Waals surface area contributed by atoms with Gasteiger partial charge in [0.2, 0.25) is 0 Å². The van der Waals surface area contributed by atoms with Crippen LogP contribution in [0.3, 0.4) is 0 Å². The Balaban J connectivity index is 3.13. The van der Waals surface area contributed by atoms with Gasteiger partial charge in [0.05, 0.1) is 19.1 Å². The fraction of sp³-hybridized carbons (Fsp3) is 0.200. The third-order valence-corrected chi connectivity index (χ3v) is 3.53. The predicted molar refractivity (Wildman–Crippen MR) is 67.3 cm³/mol. The van der Waals surface area contributed by atoms with Crippen molar-refractivity contribution in [3.63, 3.8) is 0 Å². The lowest BCUT2D eigenvalue weighted by Gasteiger charge is -2.05. The molecule has 0 atom stereocenters. The molecule has 3 nitrogen and oxygen atoms in total. The Bertz CT molecular complexity index is 440. The average Bonchev–Trinajstić information content (AvgIpc) is 2.22. The molecule has 0 N–H and O–H groups in total. The molecule has 15 heavy (non-hydrogen) atoms. The molecule has 0 spiro atoms. The van der Waals surface area contributed by atoms with Gasteiger partial charge in [-0.25, -0.2) is 0 Å². The zero-order valence-electron chi connectivity index (χ0n) is 7.88. The maximum absolute atomic E-state index is 11.1. The standard InChI is InChI=1S/C10H7BrINO2/c1-15-9(14)4-6-2-8(11)3-7(5-13)10(6)12/h2-3H,4H2,1H3. The van der Waals surface area contributed by atoms with E-state index in [-0.39, 0.29) is 12.4 Å². The lowest BCUT2D eigenvalue weighted by Crippen LogP contribution is -2.06. The Labute approximate surface area is 110 Å². The molecule has 0 aliphatic heterocycles. The number of hydrogen-bond acceptors (Lipinski definition) is 3. The topological polar surface area (TPSA) is 50.1 Å². The van der Waals surface area contributed by atoms with Crippen molar-refractivity contribution in [1.29, 1.82) is 5.26 Å². The summed E-state index contributed by atoms with van der Waals surface area (Å²) in [7, 11) is 1.35. The fourth-order valence-corrected chi connectivity index (χ4v) is 2.21. The SMILES string of the molecule is COC(=O)Cc1cc(Br)cc(C#N)c1I. The van der Waals surface area contributed by atoms with Crippen LogP contribution in [0.15, 0.2) is 16.6 Å². The number of ether oxygens (including phenoxy) is 1. The van der Waals surface area contributed by atoms with E-state index in [1.807, 2.05) is 6.07 Å². The van der Waals surface area contributed by atoms with Gasteiger partial charge in [-0.05, 0) is 40.3 Å². The summed E-state index contributed by atoms with van der Waals surface area (Å²) in [5.41, 5.74) is 1.36. The molecule has 0 saturated heterocycles. The number of rotatable bonds is 2. The third-order valence-electron chi connectivity index (χ3n) is 1.80. The highest BCUT2D eigenvalue weighted by Gasteiger charge is 2.11. The second kappa shape index (κ2) is 5.47. The Kier molecular flexibility index (Phi) is 4.54. The molecule has 0 aromatic heterocycles. The summed E-state index contributed by atoms with van der Waals surface area (Å²) in [6, 6.07) is 5.62. The average molecular weight is 380 g/mol. The van der Waals surface area contributed by atoms with Crippen LogP contribution in [0.5, 0.6) is 0 Å². The summed E-state index contributed by atoms with van der Waals surface area (Å²) >= 11 is 5.35. The minimum atomic E-state index is -0.310. The van der Waals surface area contributed by atoms with E-state index < -0.39 is 0 Å². The van der Waals surface area contributed by atoms with E-state index in [1.165, 1.54) is 7.11 Å². The van der Waals surface area contributed by atoms with Crippen molar-refractivity contribution in [1.82, 2.24) is 0 Å². The Hall–Kier alpha value is -0.610. The summed E-state index contributed by atoms with van der Waals surface area (Å²) in [6.45, 7) is 0. The van der Waals surface area contributed by atoms with Crippen LogP contribution in [-0.2, 0) is 16.0 Å². The molecule has 5 heteroatoms. The van der Waals surface area contributed by atoms with E-state index in [9.17, 15) is 4.79 Å². The van der Waals surface area contributed by atoms with Gasteiger partial charge >= 0.3 is 5.97 Å². The molecule has 1 aromatic rings. The fourth-order valence-electron chi connectivity index (χ4n) is 1.08. The Morgan fingerprint density at radius 1 is 1.67 bits per heavy atom. The summed E-state index contributed by atoms with van der Waals surface area (Å²) in [5, 5.41) is 8.87. The molecule has 0 aliphatic carbocycles. The largest absolute Gasteiger partial charge is 0.469 e. The van der Waals surface area contributed by atoms with Crippen molar-refractivity contribution in [2.24, 2.45) is 0 Å². The molecule has 0 bridgehead atoms. The van der Waals surface area contributed by atoms with E-state index >= 15 is 0 Å². The highest BCUT2D eigenvalue weighted by atomic mass is 127. The van der Waals surface area contributed by atoms with Crippen LogP contribution in [-0.4, -0.2) is 13.1 Å². The van der Waals surface area contributed by atoms with Gasteiger partial charge in [-0.3, -0.25) is 4.79 Å². The number of halogens is 2. The van der Waals surface area contributed by atoms with Gasteiger partial charge in [0, 0.05) is 8.04 Å². The summed E-state index contributed by atoms with van der Waals surface area (Å²) < 4.78 is 6.17. The van der Waals surface area contributed by atoms with Gasteiger partial charge in [-0.15, -0.1) is 0 Å². The van der Waals surface area contributed by atoms with Crippen LogP contribution in [0.25, 0.3) is 0 Å². The van der Waals surface area contributed by atoms with Crippen LogP contribution in [0.1, 0.15) is 11.1 Å². The summed E-state index contributed by atoms with van der Waals surface area (Å²) in [4.78, 5) is 11.1. The molecule has 0 aliphatic rings. The number of carbonyl (C=O) groups excluding carboxylic acids is 1. The molecule has 0 heterocycles. The second-order valence-electron chi connectivity index (χ2n) is 2.79. The quantitative estimate of drug-likeness (QED) is 0.586. The third kappa shape index (κ3) is 3.18. The lowest BCUT2D eigenvalue weighted by molar-refractivity contribution is -0.139. The van der Waals surface area contributed by atoms with Crippen molar-refractivity contribution >= 4 is 44.5 Å². The molecule has 0 radical (unpaired) electrons. The first kappa shape index (κ1) is 12.5. The van der Waals surface area contributed by atoms with Gasteiger partial charge in [-0.2, -0.15) is 5.26 Å². The number of methoxy groups -OCH3 is 1. The number of carbonyl (C=O) groups is 1. The van der Waals surface area contributed by atoms with E-state index in [1.54, 1.807) is 6.07 Å². The molecule has 1 aromatic carbocycles. The van der Waals surface area contributed by atoms with Crippen LogP contribution >= 0.6 is 38.5 Å². The van der Waals surface area contributed by atoms with Gasteiger partial charge in [0.25, 0.3) is 0 Å². The maximum atomic E-state index is 11.1. The minimum absolute atomic E-state index is 0.183. The van der Waals surface area contributed by atoms with Crippen molar-refractivity contribution in [2.75, 3.05) is 7.11 Å². The molecular formula is C10H7BrINO2. The normalized spacial score (nSPS) is 9.47. The lowest BCUT2D eigenvalue weighted by atomic mass is 10.1. The highest BCUT2D eigenvalue weighted by Crippen LogP contribution is 2.23. The molecular weight excluding hydrogens is 373 g/mol. The maximum Gasteiger partial charge on any atom is 0.310 e. The molecule has 0 unspecified atom stereocenters. The van der Waals surface area contributed by atoms with E-state index in [0.717, 1.165) is 13.6 Å². The van der Waals surface area contributed by atoms with Gasteiger partial charge in [0.1, 0.15) is 6.07 Å².